The maximum atomic E-state index is 12.5. The molecule has 0 aliphatic carbocycles. The van der Waals surface area contributed by atoms with Crippen molar-refractivity contribution in [1.82, 2.24) is 10.3 Å². The molecule has 0 saturated heterocycles. The minimum Gasteiger partial charge on any atom is -0.508 e. The van der Waals surface area contributed by atoms with Crippen LogP contribution in [-0.4, -0.2) is 39.7 Å². The molecule has 0 bridgehead atoms. The molecular weight excluding hydrogens is 452 g/mol. The molecule has 4 rings (SSSR count). The Morgan fingerprint density at radius 1 is 1.14 bits per heavy atom. The number of nitrogens with one attached hydrogen (secondary N) is 2. The maximum Gasteiger partial charge on any atom is 0.336 e. The van der Waals surface area contributed by atoms with Crippen molar-refractivity contribution in [1.29, 1.82) is 0 Å². The van der Waals surface area contributed by atoms with Crippen LogP contribution in [0.3, 0.4) is 0 Å². The first kappa shape index (κ1) is 23.9. The van der Waals surface area contributed by atoms with Crippen LogP contribution in [-0.2, 0) is 22.4 Å². The highest BCUT2D eigenvalue weighted by atomic mass is 16.5. The van der Waals surface area contributed by atoms with Crippen molar-refractivity contribution in [2.45, 2.75) is 39.2 Å². The molecule has 2 heterocycles. The van der Waals surface area contributed by atoms with E-state index in [0.29, 0.717) is 27.8 Å². The van der Waals surface area contributed by atoms with Crippen LogP contribution < -0.4 is 15.7 Å². The van der Waals surface area contributed by atoms with Gasteiger partial charge in [0.05, 0.1) is 0 Å². The van der Waals surface area contributed by atoms with Crippen LogP contribution in [0.5, 0.6) is 11.5 Å². The number of ether oxygens (including phenoxy) is 1. The number of aliphatic carboxylic acids is 1. The lowest BCUT2D eigenvalue weighted by Gasteiger charge is -2.16. The summed E-state index contributed by atoms with van der Waals surface area (Å²) < 4.78 is 11.0. The summed E-state index contributed by atoms with van der Waals surface area (Å²) in [7, 11) is 0. The van der Waals surface area contributed by atoms with E-state index in [2.05, 4.69) is 10.3 Å². The van der Waals surface area contributed by atoms with E-state index in [4.69, 9.17) is 9.15 Å². The average Bonchev–Trinajstić information content (AvgIpc) is 3.20. The lowest BCUT2D eigenvalue weighted by atomic mass is 10.0. The summed E-state index contributed by atoms with van der Waals surface area (Å²) in [6.07, 6.45) is 3.28. The molecule has 1 atom stereocenters. The second-order valence-corrected chi connectivity index (χ2v) is 8.40. The number of carboxylic acids is 1. The van der Waals surface area contributed by atoms with Crippen molar-refractivity contribution in [2.75, 3.05) is 6.61 Å². The Kier molecular flexibility index (Phi) is 6.77. The fraction of sp³-hybridized carbons (Fsp3) is 0.269. The summed E-state index contributed by atoms with van der Waals surface area (Å²) in [5.74, 6) is -1.38. The number of amides is 1. The van der Waals surface area contributed by atoms with Crippen LogP contribution in [0.25, 0.3) is 21.9 Å². The number of carbonyl (C=O) groups is 2. The average molecular weight is 479 g/mol. The lowest BCUT2D eigenvalue weighted by Crippen LogP contribution is -2.44. The summed E-state index contributed by atoms with van der Waals surface area (Å²) in [4.78, 5) is 39.3. The summed E-state index contributed by atoms with van der Waals surface area (Å²) in [6.45, 7) is 3.35. The summed E-state index contributed by atoms with van der Waals surface area (Å²) in [6, 6.07) is 8.54. The van der Waals surface area contributed by atoms with E-state index in [1.165, 1.54) is 18.2 Å². The van der Waals surface area contributed by atoms with E-state index in [9.17, 15) is 24.6 Å². The first-order chi connectivity index (χ1) is 16.8. The minimum atomic E-state index is -1.19. The number of aromatic nitrogens is 1. The van der Waals surface area contributed by atoms with Crippen LogP contribution in [0.2, 0.25) is 0 Å². The number of carboxylic acid groups (broad SMARTS) is 1. The summed E-state index contributed by atoms with van der Waals surface area (Å²) in [5, 5.41) is 23.4. The molecule has 0 spiro atoms. The molecule has 2 aromatic heterocycles. The molecule has 0 unspecified atom stereocenters. The van der Waals surface area contributed by atoms with Crippen LogP contribution in [0.15, 0.2) is 51.8 Å². The number of H-pyrrole nitrogens is 1. The van der Waals surface area contributed by atoms with E-state index in [1.807, 2.05) is 6.92 Å². The van der Waals surface area contributed by atoms with Crippen LogP contribution in [0, 0.1) is 6.92 Å². The third kappa shape index (κ3) is 5.13. The maximum absolute atomic E-state index is 12.5. The predicted octanol–water partition coefficient (Wildman–Crippen LogP) is 3.43. The van der Waals surface area contributed by atoms with E-state index >= 15 is 0 Å². The van der Waals surface area contributed by atoms with Gasteiger partial charge < -0.3 is 29.7 Å². The van der Waals surface area contributed by atoms with E-state index in [-0.39, 0.29) is 12.2 Å². The second-order valence-electron chi connectivity index (χ2n) is 8.40. The molecule has 2 aromatic carbocycles. The van der Waals surface area contributed by atoms with Crippen molar-refractivity contribution >= 4 is 33.7 Å². The van der Waals surface area contributed by atoms with E-state index in [1.54, 1.807) is 31.3 Å². The number of aryl methyl sites for hydroxylation is 2. The number of phenolic OH excluding ortho intramolecular Hbond substituents is 1. The standard InChI is InChI=1S/C26H26N2O7/c1-3-4-15-10-24(31)35-25-14(2)22(8-6-18(15)25)34-13-23(30)28-21(26(32)33)9-16-12-27-20-7-5-17(29)11-19(16)20/h5-8,10-12,21,27,29H,3-4,9,13H2,1-2H3,(H,28,30)(H,32,33)/t21-/m0/s1. The van der Waals surface area contributed by atoms with Gasteiger partial charge in [0.25, 0.3) is 5.91 Å². The molecular formula is C26H26N2O7. The van der Waals surface area contributed by atoms with Gasteiger partial charge in [0.1, 0.15) is 23.1 Å². The summed E-state index contributed by atoms with van der Waals surface area (Å²) >= 11 is 0. The second kappa shape index (κ2) is 9.92. The molecule has 4 N–H and O–H groups in total. The zero-order chi connectivity index (χ0) is 25.1. The number of aromatic amines is 1. The summed E-state index contributed by atoms with van der Waals surface area (Å²) in [5.41, 5.74) is 2.82. The first-order valence-electron chi connectivity index (χ1n) is 11.3. The van der Waals surface area contributed by atoms with Gasteiger partial charge in [-0.3, -0.25) is 4.79 Å². The third-order valence-electron chi connectivity index (χ3n) is 5.88. The highest BCUT2D eigenvalue weighted by Gasteiger charge is 2.22. The Labute approximate surface area is 200 Å². The third-order valence-corrected chi connectivity index (χ3v) is 5.88. The molecule has 0 radical (unpaired) electrons. The van der Waals surface area contributed by atoms with Crippen molar-refractivity contribution in [3.05, 3.63) is 69.7 Å². The fourth-order valence-electron chi connectivity index (χ4n) is 4.18. The predicted molar refractivity (Wildman–Crippen MR) is 130 cm³/mol. The van der Waals surface area contributed by atoms with Crippen molar-refractivity contribution in [3.63, 3.8) is 0 Å². The highest BCUT2D eigenvalue weighted by molar-refractivity contribution is 5.88. The van der Waals surface area contributed by atoms with Gasteiger partial charge in [-0.2, -0.15) is 0 Å². The zero-order valence-corrected chi connectivity index (χ0v) is 19.4. The number of hydrogen-bond donors (Lipinski definition) is 4. The largest absolute Gasteiger partial charge is 0.508 e. The molecule has 4 aromatic rings. The molecule has 0 saturated carbocycles. The van der Waals surface area contributed by atoms with Gasteiger partial charge in [-0.1, -0.05) is 13.3 Å². The smallest absolute Gasteiger partial charge is 0.336 e. The van der Waals surface area contributed by atoms with Crippen molar-refractivity contribution in [3.8, 4) is 11.5 Å². The van der Waals surface area contributed by atoms with Crippen LogP contribution >= 0.6 is 0 Å². The van der Waals surface area contributed by atoms with Crippen molar-refractivity contribution in [2.24, 2.45) is 0 Å². The quantitative estimate of drug-likeness (QED) is 0.270. The van der Waals surface area contributed by atoms with Gasteiger partial charge in [0.15, 0.2) is 6.61 Å². The molecule has 9 nitrogen and oxygen atoms in total. The van der Waals surface area contributed by atoms with Gasteiger partial charge >= 0.3 is 11.6 Å². The lowest BCUT2D eigenvalue weighted by molar-refractivity contribution is -0.142. The normalized spacial score (nSPS) is 12.1. The van der Waals surface area contributed by atoms with Gasteiger partial charge in [0, 0.05) is 40.5 Å². The van der Waals surface area contributed by atoms with Gasteiger partial charge in [0.2, 0.25) is 0 Å². The SMILES string of the molecule is CCCc1cc(=O)oc2c(C)c(OCC(=O)N[C@@H](Cc3c[nH]c4ccc(O)cc34)C(=O)O)ccc12. The number of fused-ring (bicyclic) bond motifs is 2. The molecule has 0 fully saturated rings. The van der Waals surface area contributed by atoms with Crippen LogP contribution in [0.4, 0.5) is 0 Å². The zero-order valence-electron chi connectivity index (χ0n) is 19.4. The number of carbonyl (C=O) groups excluding carboxylic acids is 1. The Morgan fingerprint density at radius 3 is 2.69 bits per heavy atom. The minimum absolute atomic E-state index is 0.0187. The van der Waals surface area contributed by atoms with Gasteiger partial charge in [-0.15, -0.1) is 0 Å². The molecule has 0 aliphatic heterocycles. The Morgan fingerprint density at radius 2 is 1.94 bits per heavy atom. The topological polar surface area (TPSA) is 142 Å². The number of hydrogen-bond acceptors (Lipinski definition) is 6. The Bertz CT molecular complexity index is 1470. The Balaban J connectivity index is 1.47. The number of rotatable bonds is 9. The fourth-order valence-corrected chi connectivity index (χ4v) is 4.18. The van der Waals surface area contributed by atoms with Gasteiger partial charge in [-0.05, 0) is 54.8 Å². The monoisotopic (exact) mass is 478 g/mol. The number of benzene rings is 2. The van der Waals surface area contributed by atoms with Crippen molar-refractivity contribution < 1.29 is 29.0 Å². The first-order valence-corrected chi connectivity index (χ1v) is 11.3. The Hall–Kier alpha value is -4.27. The van der Waals surface area contributed by atoms with E-state index < -0.39 is 30.2 Å². The number of phenols is 1. The van der Waals surface area contributed by atoms with Crippen LogP contribution in [0.1, 0.15) is 30.0 Å². The highest BCUT2D eigenvalue weighted by Crippen LogP contribution is 2.29. The molecule has 9 heteroatoms. The molecule has 35 heavy (non-hydrogen) atoms. The number of aromatic hydroxyl groups is 1. The van der Waals surface area contributed by atoms with Gasteiger partial charge in [-0.25, -0.2) is 9.59 Å². The molecule has 182 valence electrons. The molecule has 0 aliphatic rings. The van der Waals surface area contributed by atoms with E-state index in [0.717, 1.165) is 29.3 Å². The molecule has 1 amide bonds.